The Bertz CT molecular complexity index is 541. The number of aliphatic hydroxyl groups excluding tert-OH is 2. The van der Waals surface area contributed by atoms with Crippen LogP contribution in [-0.4, -0.2) is 33.4 Å². The minimum absolute atomic E-state index is 0.173. The fourth-order valence-electron chi connectivity index (χ4n) is 2.02. The van der Waals surface area contributed by atoms with Gasteiger partial charge in [0.25, 0.3) is 0 Å². The molecule has 20 heavy (non-hydrogen) atoms. The molecular formula is C16H24N2O2. The first-order valence-electron chi connectivity index (χ1n) is 7.20. The molecule has 0 bridgehead atoms. The number of hydrogen-bond donors (Lipinski definition) is 2. The molecule has 0 atom stereocenters. The lowest BCUT2D eigenvalue weighted by molar-refractivity contribution is 0.299. The van der Waals surface area contributed by atoms with E-state index in [2.05, 4.69) is 23.8 Å². The Morgan fingerprint density at radius 3 is 1.95 bits per heavy atom. The molecule has 0 spiro atoms. The zero-order chi connectivity index (χ0) is 15.0. The van der Waals surface area contributed by atoms with Gasteiger partial charge in [0.15, 0.2) is 0 Å². The van der Waals surface area contributed by atoms with E-state index in [-0.39, 0.29) is 13.2 Å². The number of aromatic nitrogens is 2. The van der Waals surface area contributed by atoms with Crippen molar-refractivity contribution in [3.05, 3.63) is 35.2 Å². The molecule has 2 N–H and O–H groups in total. The van der Waals surface area contributed by atoms with E-state index in [1.54, 1.807) is 6.92 Å². The number of benzene rings is 1. The largest absolute Gasteiger partial charge is 0.397 e. The maximum Gasteiger partial charge on any atom is 0.0893 e. The van der Waals surface area contributed by atoms with Crippen LogP contribution in [0.3, 0.4) is 0 Å². The molecule has 0 saturated carbocycles. The molecule has 2 rings (SSSR count). The number of aliphatic hydroxyl groups is 2. The summed E-state index contributed by atoms with van der Waals surface area (Å²) in [6.45, 7) is 6.31. The third kappa shape index (κ3) is 4.25. The number of nitrogens with zero attached hydrogens (tertiary/aromatic N) is 2. The molecule has 110 valence electrons. The molecule has 0 aliphatic heterocycles. The highest BCUT2D eigenvalue weighted by Gasteiger charge is 2.06. The van der Waals surface area contributed by atoms with Gasteiger partial charge in [-0.05, 0) is 43.9 Å². The standard InChI is InChI=1S/C14H18N2O.C2H6O/c1-3-11-12(4-2)16-14-9-10(7-8-17)5-6-13(14)15-11;1-2-3/h5-6,9,17H,3-4,7-8H2,1-2H3;3H,2H2,1H3. The highest BCUT2D eigenvalue weighted by molar-refractivity contribution is 5.75. The van der Waals surface area contributed by atoms with Crippen molar-refractivity contribution < 1.29 is 10.2 Å². The average molecular weight is 276 g/mol. The lowest BCUT2D eigenvalue weighted by atomic mass is 10.1. The van der Waals surface area contributed by atoms with Crippen LogP contribution in [0.4, 0.5) is 0 Å². The van der Waals surface area contributed by atoms with Gasteiger partial charge in [-0.3, -0.25) is 0 Å². The summed E-state index contributed by atoms with van der Waals surface area (Å²) in [7, 11) is 0. The third-order valence-corrected chi connectivity index (χ3v) is 2.95. The molecule has 0 aliphatic rings. The lowest BCUT2D eigenvalue weighted by Gasteiger charge is -2.07. The van der Waals surface area contributed by atoms with Gasteiger partial charge in [-0.1, -0.05) is 19.9 Å². The first kappa shape index (κ1) is 16.5. The maximum absolute atomic E-state index is 8.94. The summed E-state index contributed by atoms with van der Waals surface area (Å²) in [6.07, 6.45) is 2.51. The van der Waals surface area contributed by atoms with Crippen LogP contribution >= 0.6 is 0 Å². The van der Waals surface area contributed by atoms with Crippen molar-refractivity contribution in [2.75, 3.05) is 13.2 Å². The summed E-state index contributed by atoms with van der Waals surface area (Å²) in [5.41, 5.74) is 5.17. The smallest absolute Gasteiger partial charge is 0.0893 e. The first-order chi connectivity index (χ1) is 9.69. The molecule has 1 heterocycles. The molecule has 0 fully saturated rings. The second-order valence-corrected chi connectivity index (χ2v) is 4.44. The van der Waals surface area contributed by atoms with E-state index < -0.39 is 0 Å². The van der Waals surface area contributed by atoms with Gasteiger partial charge in [-0.25, -0.2) is 9.97 Å². The van der Waals surface area contributed by atoms with Crippen LogP contribution in [-0.2, 0) is 19.3 Å². The van der Waals surface area contributed by atoms with Gasteiger partial charge in [-0.2, -0.15) is 0 Å². The van der Waals surface area contributed by atoms with Crippen molar-refractivity contribution in [2.24, 2.45) is 0 Å². The number of hydrogen-bond acceptors (Lipinski definition) is 4. The molecule has 2 aromatic rings. The molecule has 4 heteroatoms. The van der Waals surface area contributed by atoms with E-state index in [1.807, 2.05) is 18.2 Å². The molecule has 0 saturated heterocycles. The summed E-state index contributed by atoms with van der Waals surface area (Å²) >= 11 is 0. The van der Waals surface area contributed by atoms with Crippen molar-refractivity contribution >= 4 is 11.0 Å². The van der Waals surface area contributed by atoms with Crippen LogP contribution in [0.25, 0.3) is 11.0 Å². The molecular weight excluding hydrogens is 252 g/mol. The minimum Gasteiger partial charge on any atom is -0.397 e. The zero-order valence-corrected chi connectivity index (χ0v) is 12.6. The number of fused-ring (bicyclic) bond motifs is 1. The molecule has 0 aliphatic carbocycles. The van der Waals surface area contributed by atoms with E-state index in [1.165, 1.54) is 0 Å². The Labute approximate surface area is 120 Å². The van der Waals surface area contributed by atoms with Crippen molar-refractivity contribution in [3.8, 4) is 0 Å². The normalized spacial score (nSPS) is 10.2. The maximum atomic E-state index is 8.94. The van der Waals surface area contributed by atoms with Crippen LogP contribution in [0.2, 0.25) is 0 Å². The van der Waals surface area contributed by atoms with Crippen LogP contribution in [0.15, 0.2) is 18.2 Å². The average Bonchev–Trinajstić information content (AvgIpc) is 2.47. The van der Waals surface area contributed by atoms with Gasteiger partial charge in [-0.15, -0.1) is 0 Å². The van der Waals surface area contributed by atoms with E-state index in [0.29, 0.717) is 6.42 Å². The van der Waals surface area contributed by atoms with Gasteiger partial charge in [0.2, 0.25) is 0 Å². The Kier molecular flexibility index (Phi) is 7.12. The van der Waals surface area contributed by atoms with Gasteiger partial charge < -0.3 is 10.2 Å². The quantitative estimate of drug-likeness (QED) is 0.899. The second kappa shape index (κ2) is 8.61. The molecule has 1 aromatic heterocycles. The van der Waals surface area contributed by atoms with E-state index >= 15 is 0 Å². The summed E-state index contributed by atoms with van der Waals surface area (Å²) in [5, 5.41) is 16.5. The SMILES string of the molecule is CCO.CCc1nc2ccc(CCO)cc2nc1CC. The van der Waals surface area contributed by atoms with Gasteiger partial charge in [0.05, 0.1) is 22.4 Å². The predicted octanol–water partition coefficient (Wildman–Crippen LogP) is 2.29. The second-order valence-electron chi connectivity index (χ2n) is 4.44. The van der Waals surface area contributed by atoms with Crippen molar-refractivity contribution in [3.63, 3.8) is 0 Å². The fourth-order valence-corrected chi connectivity index (χ4v) is 2.02. The van der Waals surface area contributed by atoms with Crippen LogP contribution < -0.4 is 0 Å². The van der Waals surface area contributed by atoms with Crippen molar-refractivity contribution in [1.29, 1.82) is 0 Å². The lowest BCUT2D eigenvalue weighted by Crippen LogP contribution is -2.01. The summed E-state index contributed by atoms with van der Waals surface area (Å²) in [6, 6.07) is 6.03. The minimum atomic E-state index is 0.173. The number of rotatable bonds is 4. The Morgan fingerprint density at radius 1 is 0.900 bits per heavy atom. The molecule has 1 aromatic carbocycles. The monoisotopic (exact) mass is 276 g/mol. The van der Waals surface area contributed by atoms with Crippen LogP contribution in [0.5, 0.6) is 0 Å². The van der Waals surface area contributed by atoms with Crippen LogP contribution in [0, 0.1) is 0 Å². The first-order valence-corrected chi connectivity index (χ1v) is 7.20. The van der Waals surface area contributed by atoms with Crippen molar-refractivity contribution in [1.82, 2.24) is 9.97 Å². The highest BCUT2D eigenvalue weighted by Crippen LogP contribution is 2.16. The number of aryl methyl sites for hydroxylation is 2. The van der Waals surface area contributed by atoms with Crippen molar-refractivity contribution in [2.45, 2.75) is 40.0 Å². The Morgan fingerprint density at radius 2 is 1.45 bits per heavy atom. The van der Waals surface area contributed by atoms with E-state index in [0.717, 1.165) is 40.8 Å². The van der Waals surface area contributed by atoms with Crippen LogP contribution in [0.1, 0.15) is 37.7 Å². The van der Waals surface area contributed by atoms with Gasteiger partial charge in [0.1, 0.15) is 0 Å². The molecule has 0 unspecified atom stereocenters. The highest BCUT2D eigenvalue weighted by atomic mass is 16.3. The topological polar surface area (TPSA) is 66.2 Å². The summed E-state index contributed by atoms with van der Waals surface area (Å²) < 4.78 is 0. The summed E-state index contributed by atoms with van der Waals surface area (Å²) in [4.78, 5) is 9.30. The zero-order valence-electron chi connectivity index (χ0n) is 12.6. The van der Waals surface area contributed by atoms with Gasteiger partial charge >= 0.3 is 0 Å². The Hall–Kier alpha value is -1.52. The third-order valence-electron chi connectivity index (χ3n) is 2.95. The molecule has 4 nitrogen and oxygen atoms in total. The Balaban J connectivity index is 0.000000612. The fraction of sp³-hybridized carbons (Fsp3) is 0.500. The summed E-state index contributed by atoms with van der Waals surface area (Å²) in [5.74, 6) is 0. The predicted molar refractivity (Wildman–Crippen MR) is 81.8 cm³/mol. The molecule has 0 amide bonds. The molecule has 0 radical (unpaired) electrons. The van der Waals surface area contributed by atoms with E-state index in [4.69, 9.17) is 10.2 Å². The van der Waals surface area contributed by atoms with Gasteiger partial charge in [0, 0.05) is 13.2 Å². The van der Waals surface area contributed by atoms with E-state index in [9.17, 15) is 0 Å².